The Balaban J connectivity index is 2.84. The number of primary amides is 1. The molecule has 1 aliphatic rings. The molecule has 1 amide bonds. The van der Waals surface area contributed by atoms with Gasteiger partial charge in [0.15, 0.2) is 0 Å². The van der Waals surface area contributed by atoms with E-state index < -0.39 is 5.54 Å². The van der Waals surface area contributed by atoms with Crippen molar-refractivity contribution in [3.63, 3.8) is 0 Å². The molecular weight excluding hydrogens is 192 g/mol. The van der Waals surface area contributed by atoms with Crippen molar-refractivity contribution in [1.82, 2.24) is 5.32 Å². The van der Waals surface area contributed by atoms with Gasteiger partial charge in [0.1, 0.15) is 5.54 Å². The van der Waals surface area contributed by atoms with Crippen molar-refractivity contribution in [2.24, 2.45) is 5.73 Å². The number of carbonyl (C=O) groups is 1. The molecular formula is C11H22N2O2. The van der Waals surface area contributed by atoms with Gasteiger partial charge in [-0.25, -0.2) is 0 Å². The van der Waals surface area contributed by atoms with E-state index in [4.69, 9.17) is 10.5 Å². The summed E-state index contributed by atoms with van der Waals surface area (Å²) in [5.74, 6) is -0.257. The van der Waals surface area contributed by atoms with E-state index in [1.165, 1.54) is 0 Å². The summed E-state index contributed by atoms with van der Waals surface area (Å²) in [6.07, 6.45) is 2.23. The number of rotatable bonds is 4. The second-order valence-electron chi connectivity index (χ2n) is 4.56. The van der Waals surface area contributed by atoms with E-state index in [0.29, 0.717) is 19.4 Å². The van der Waals surface area contributed by atoms with Crippen LogP contribution in [0.15, 0.2) is 0 Å². The monoisotopic (exact) mass is 214 g/mol. The molecule has 0 spiro atoms. The third kappa shape index (κ3) is 2.49. The lowest BCUT2D eigenvalue weighted by molar-refractivity contribution is -0.141. The molecule has 1 saturated heterocycles. The van der Waals surface area contributed by atoms with Gasteiger partial charge in [-0.05, 0) is 26.3 Å². The van der Waals surface area contributed by atoms with Crippen LogP contribution >= 0.6 is 0 Å². The highest BCUT2D eigenvalue weighted by molar-refractivity contribution is 5.85. The minimum atomic E-state index is -0.572. The van der Waals surface area contributed by atoms with Crippen LogP contribution in [-0.2, 0) is 9.53 Å². The number of hydrogen-bond acceptors (Lipinski definition) is 3. The third-order valence-corrected chi connectivity index (χ3v) is 3.39. The molecule has 1 rings (SSSR count). The first kappa shape index (κ1) is 12.5. The highest BCUT2D eigenvalue weighted by Crippen LogP contribution is 2.34. The molecule has 1 heterocycles. The predicted octanol–water partition coefficient (Wildman–Crippen LogP) is 0.799. The predicted molar refractivity (Wildman–Crippen MR) is 59.5 cm³/mol. The lowest BCUT2D eigenvalue weighted by Gasteiger charge is -2.44. The Morgan fingerprint density at radius 2 is 2.20 bits per heavy atom. The molecule has 15 heavy (non-hydrogen) atoms. The van der Waals surface area contributed by atoms with Gasteiger partial charge >= 0.3 is 0 Å². The van der Waals surface area contributed by atoms with Crippen molar-refractivity contribution in [3.05, 3.63) is 0 Å². The molecule has 0 bridgehead atoms. The molecule has 3 N–H and O–H groups in total. The minimum Gasteiger partial charge on any atom is -0.375 e. The van der Waals surface area contributed by atoms with Crippen LogP contribution in [0.4, 0.5) is 0 Å². The van der Waals surface area contributed by atoms with Gasteiger partial charge < -0.3 is 15.8 Å². The van der Waals surface area contributed by atoms with Gasteiger partial charge in [0.2, 0.25) is 5.91 Å². The Morgan fingerprint density at radius 3 is 2.67 bits per heavy atom. The number of nitrogens with one attached hydrogen (secondary N) is 1. The highest BCUT2D eigenvalue weighted by Gasteiger charge is 2.45. The molecule has 0 radical (unpaired) electrons. The first-order valence-electron chi connectivity index (χ1n) is 5.67. The third-order valence-electron chi connectivity index (χ3n) is 3.39. The summed E-state index contributed by atoms with van der Waals surface area (Å²) < 4.78 is 5.72. The van der Waals surface area contributed by atoms with Crippen LogP contribution in [0.25, 0.3) is 0 Å². The summed E-state index contributed by atoms with van der Waals surface area (Å²) in [7, 11) is 0. The average Bonchev–Trinajstić information content (AvgIpc) is 2.18. The largest absolute Gasteiger partial charge is 0.375 e. The molecule has 0 aromatic carbocycles. The summed E-state index contributed by atoms with van der Waals surface area (Å²) in [6.45, 7) is 7.46. The number of carbonyl (C=O) groups excluding carboxylic acids is 1. The van der Waals surface area contributed by atoms with E-state index >= 15 is 0 Å². The number of likely N-dealkylation sites (N-methyl/N-ethyl adjacent to an activating group) is 1. The molecule has 2 unspecified atom stereocenters. The second kappa shape index (κ2) is 4.49. The molecule has 88 valence electrons. The fourth-order valence-electron chi connectivity index (χ4n) is 2.26. The van der Waals surface area contributed by atoms with E-state index in [1.54, 1.807) is 0 Å². The van der Waals surface area contributed by atoms with Gasteiger partial charge in [0.05, 0.1) is 5.60 Å². The normalized spacial score (nSPS) is 36.5. The molecule has 0 aromatic rings. The fourth-order valence-corrected chi connectivity index (χ4v) is 2.26. The first-order valence-corrected chi connectivity index (χ1v) is 5.67. The van der Waals surface area contributed by atoms with Crippen molar-refractivity contribution < 1.29 is 9.53 Å². The summed E-state index contributed by atoms with van der Waals surface area (Å²) in [5.41, 5.74) is 4.71. The Hall–Kier alpha value is -0.610. The van der Waals surface area contributed by atoms with Crippen LogP contribution in [0.2, 0.25) is 0 Å². The number of nitrogens with two attached hydrogens (primary N) is 1. The molecule has 2 atom stereocenters. The first-order chi connectivity index (χ1) is 6.98. The van der Waals surface area contributed by atoms with Gasteiger partial charge in [-0.3, -0.25) is 4.79 Å². The Bertz CT molecular complexity index is 241. The van der Waals surface area contributed by atoms with E-state index in [2.05, 4.69) is 12.2 Å². The molecule has 0 saturated carbocycles. The maximum absolute atomic E-state index is 11.6. The molecule has 1 aliphatic heterocycles. The van der Waals surface area contributed by atoms with Crippen LogP contribution in [0.3, 0.4) is 0 Å². The zero-order valence-electron chi connectivity index (χ0n) is 9.93. The van der Waals surface area contributed by atoms with Gasteiger partial charge in [-0.1, -0.05) is 13.8 Å². The summed E-state index contributed by atoms with van der Waals surface area (Å²) in [6, 6.07) is 0. The lowest BCUT2D eigenvalue weighted by atomic mass is 9.78. The molecule has 0 aromatic heterocycles. The van der Waals surface area contributed by atoms with Crippen LogP contribution in [-0.4, -0.2) is 30.2 Å². The number of amides is 1. The highest BCUT2D eigenvalue weighted by atomic mass is 16.5. The standard InChI is InChI=1S/C11H22N2O2/c1-4-10(3)8-11(9(12)14,13-5-2)6-7-15-10/h13H,4-8H2,1-3H3,(H2,12,14). The second-order valence-corrected chi connectivity index (χ2v) is 4.56. The summed E-state index contributed by atoms with van der Waals surface area (Å²) in [5, 5.41) is 3.23. The van der Waals surface area contributed by atoms with E-state index in [9.17, 15) is 4.79 Å². The minimum absolute atomic E-state index is 0.227. The number of hydrogen-bond donors (Lipinski definition) is 2. The van der Waals surface area contributed by atoms with Gasteiger partial charge in [0.25, 0.3) is 0 Å². The quantitative estimate of drug-likeness (QED) is 0.727. The zero-order valence-corrected chi connectivity index (χ0v) is 9.93. The smallest absolute Gasteiger partial charge is 0.237 e. The van der Waals surface area contributed by atoms with Crippen molar-refractivity contribution in [3.8, 4) is 0 Å². The Labute approximate surface area is 91.5 Å². The van der Waals surface area contributed by atoms with Crippen LogP contribution in [0, 0.1) is 0 Å². The van der Waals surface area contributed by atoms with E-state index in [1.807, 2.05) is 13.8 Å². The number of ether oxygens (including phenoxy) is 1. The van der Waals surface area contributed by atoms with Crippen molar-refractivity contribution in [1.29, 1.82) is 0 Å². The maximum atomic E-state index is 11.6. The van der Waals surface area contributed by atoms with E-state index in [0.717, 1.165) is 13.0 Å². The van der Waals surface area contributed by atoms with Crippen molar-refractivity contribution >= 4 is 5.91 Å². The maximum Gasteiger partial charge on any atom is 0.237 e. The van der Waals surface area contributed by atoms with Gasteiger partial charge in [0, 0.05) is 13.0 Å². The van der Waals surface area contributed by atoms with Crippen LogP contribution in [0.1, 0.15) is 40.0 Å². The van der Waals surface area contributed by atoms with Gasteiger partial charge in [-0.2, -0.15) is 0 Å². The zero-order chi connectivity index (χ0) is 11.5. The van der Waals surface area contributed by atoms with Crippen LogP contribution < -0.4 is 11.1 Å². The SMILES string of the molecule is CCNC1(C(N)=O)CCOC(C)(CC)C1. The summed E-state index contributed by atoms with van der Waals surface area (Å²) >= 11 is 0. The summed E-state index contributed by atoms with van der Waals surface area (Å²) in [4.78, 5) is 11.6. The molecule has 1 fully saturated rings. The Kier molecular flexibility index (Phi) is 3.73. The fraction of sp³-hybridized carbons (Fsp3) is 0.909. The molecule has 4 heteroatoms. The molecule has 4 nitrogen and oxygen atoms in total. The topological polar surface area (TPSA) is 64.3 Å². The lowest BCUT2D eigenvalue weighted by Crippen LogP contribution is -2.62. The average molecular weight is 214 g/mol. The van der Waals surface area contributed by atoms with Crippen LogP contribution in [0.5, 0.6) is 0 Å². The van der Waals surface area contributed by atoms with Crippen molar-refractivity contribution in [2.75, 3.05) is 13.2 Å². The Morgan fingerprint density at radius 1 is 1.53 bits per heavy atom. The van der Waals surface area contributed by atoms with E-state index in [-0.39, 0.29) is 11.5 Å². The van der Waals surface area contributed by atoms with Gasteiger partial charge in [-0.15, -0.1) is 0 Å². The van der Waals surface area contributed by atoms with Crippen molar-refractivity contribution in [2.45, 2.75) is 51.2 Å². The molecule has 0 aliphatic carbocycles.